The Balaban J connectivity index is 2.58. The molecular weight excluding hydrogens is 333 g/mol. The van der Waals surface area contributed by atoms with Crippen LogP contribution in [0.25, 0.3) is 10.6 Å². The molecule has 0 saturated heterocycles. The maximum Gasteiger partial charge on any atom is 0.178 e. The molecular formula is C9H5F2IN2S. The SMILES string of the molecule is Cc1cc(-c2nnc(I)s2)c(F)cc1F. The molecule has 0 aliphatic rings. The van der Waals surface area contributed by atoms with E-state index in [2.05, 4.69) is 10.2 Å². The Bertz CT molecular complexity index is 513. The molecule has 1 aromatic heterocycles. The normalized spacial score (nSPS) is 10.7. The average Bonchev–Trinajstić information content (AvgIpc) is 2.58. The number of halogens is 3. The predicted octanol–water partition coefficient (Wildman–Crippen LogP) is 3.40. The summed E-state index contributed by atoms with van der Waals surface area (Å²) in [6.07, 6.45) is 0. The molecule has 15 heavy (non-hydrogen) atoms. The van der Waals surface area contributed by atoms with Gasteiger partial charge in [-0.3, -0.25) is 0 Å². The van der Waals surface area contributed by atoms with Crippen LogP contribution in [0.4, 0.5) is 8.78 Å². The second-order valence-electron chi connectivity index (χ2n) is 2.94. The molecule has 78 valence electrons. The molecule has 0 saturated carbocycles. The van der Waals surface area contributed by atoms with E-state index in [1.54, 1.807) is 6.92 Å². The molecule has 0 unspecified atom stereocenters. The van der Waals surface area contributed by atoms with Crippen LogP contribution in [0, 0.1) is 21.6 Å². The minimum Gasteiger partial charge on any atom is -0.207 e. The fourth-order valence-electron chi connectivity index (χ4n) is 1.14. The topological polar surface area (TPSA) is 25.8 Å². The lowest BCUT2D eigenvalue weighted by molar-refractivity contribution is 0.579. The molecule has 0 radical (unpaired) electrons. The van der Waals surface area contributed by atoms with Crippen LogP contribution in [0.3, 0.4) is 0 Å². The fraction of sp³-hybridized carbons (Fsp3) is 0.111. The number of aryl methyl sites for hydroxylation is 1. The van der Waals surface area contributed by atoms with Gasteiger partial charge in [-0.2, -0.15) is 0 Å². The van der Waals surface area contributed by atoms with Gasteiger partial charge in [0.25, 0.3) is 0 Å². The van der Waals surface area contributed by atoms with E-state index in [0.29, 0.717) is 16.1 Å². The third-order valence-corrected chi connectivity index (χ3v) is 3.50. The van der Waals surface area contributed by atoms with E-state index in [0.717, 1.165) is 9.08 Å². The summed E-state index contributed by atoms with van der Waals surface area (Å²) < 4.78 is 27.2. The van der Waals surface area contributed by atoms with Crippen LogP contribution in [0.15, 0.2) is 12.1 Å². The van der Waals surface area contributed by atoms with Gasteiger partial charge in [0.15, 0.2) is 8.02 Å². The van der Waals surface area contributed by atoms with E-state index in [-0.39, 0.29) is 0 Å². The summed E-state index contributed by atoms with van der Waals surface area (Å²) in [7, 11) is 0. The standard InChI is InChI=1S/C9H5F2IN2S/c1-4-2-5(7(11)3-6(4)10)8-13-14-9(12)15-8/h2-3H,1H3. The van der Waals surface area contributed by atoms with Crippen molar-refractivity contribution in [1.29, 1.82) is 0 Å². The van der Waals surface area contributed by atoms with Crippen molar-refractivity contribution in [2.45, 2.75) is 6.92 Å². The first-order valence-electron chi connectivity index (χ1n) is 4.03. The number of hydrogen-bond acceptors (Lipinski definition) is 3. The maximum atomic E-state index is 13.4. The van der Waals surface area contributed by atoms with Gasteiger partial charge in [-0.15, -0.1) is 10.2 Å². The van der Waals surface area contributed by atoms with Crippen LogP contribution >= 0.6 is 33.9 Å². The third kappa shape index (κ3) is 2.15. The van der Waals surface area contributed by atoms with Gasteiger partial charge in [0.1, 0.15) is 11.6 Å². The third-order valence-electron chi connectivity index (χ3n) is 1.88. The lowest BCUT2D eigenvalue weighted by Gasteiger charge is -2.01. The second kappa shape index (κ2) is 4.09. The van der Waals surface area contributed by atoms with Gasteiger partial charge in [0.05, 0.1) is 0 Å². The molecule has 0 spiro atoms. The molecule has 0 fully saturated rings. The minimum absolute atomic E-state index is 0.300. The molecule has 2 rings (SSSR count). The molecule has 0 amide bonds. The highest BCUT2D eigenvalue weighted by atomic mass is 127. The summed E-state index contributed by atoms with van der Waals surface area (Å²) >= 11 is 3.27. The van der Waals surface area contributed by atoms with Gasteiger partial charge in [0, 0.05) is 11.6 Å². The van der Waals surface area contributed by atoms with Gasteiger partial charge in [0.2, 0.25) is 0 Å². The zero-order valence-electron chi connectivity index (χ0n) is 7.59. The van der Waals surface area contributed by atoms with Crippen LogP contribution in [-0.2, 0) is 0 Å². The Kier molecular flexibility index (Phi) is 2.96. The summed E-state index contributed by atoms with van der Waals surface area (Å²) in [6, 6.07) is 2.32. The van der Waals surface area contributed by atoms with Crippen molar-refractivity contribution < 1.29 is 8.78 Å². The van der Waals surface area contributed by atoms with E-state index < -0.39 is 11.6 Å². The van der Waals surface area contributed by atoms with Gasteiger partial charge in [-0.05, 0) is 41.1 Å². The molecule has 0 aliphatic carbocycles. The largest absolute Gasteiger partial charge is 0.207 e. The van der Waals surface area contributed by atoms with E-state index in [1.807, 2.05) is 22.6 Å². The molecule has 0 atom stereocenters. The second-order valence-corrected chi connectivity index (χ2v) is 5.67. The van der Waals surface area contributed by atoms with Crippen molar-refractivity contribution in [3.8, 4) is 10.6 Å². The van der Waals surface area contributed by atoms with Gasteiger partial charge < -0.3 is 0 Å². The Hall–Kier alpha value is -0.630. The van der Waals surface area contributed by atoms with Crippen LogP contribution in [0.1, 0.15) is 5.56 Å². The lowest BCUT2D eigenvalue weighted by Crippen LogP contribution is -1.90. The lowest BCUT2D eigenvalue weighted by atomic mass is 10.1. The summed E-state index contributed by atoms with van der Waals surface area (Å²) in [4.78, 5) is 0. The molecule has 2 nitrogen and oxygen atoms in total. The van der Waals surface area contributed by atoms with Crippen molar-refractivity contribution >= 4 is 33.9 Å². The molecule has 0 aliphatic heterocycles. The number of nitrogens with zero attached hydrogens (tertiary/aromatic N) is 2. The van der Waals surface area contributed by atoms with E-state index in [9.17, 15) is 8.78 Å². The van der Waals surface area contributed by atoms with Crippen molar-refractivity contribution in [3.05, 3.63) is 32.3 Å². The van der Waals surface area contributed by atoms with Crippen LogP contribution in [0.5, 0.6) is 0 Å². The summed E-state index contributed by atoms with van der Waals surface area (Å²) in [5, 5.41) is 8.07. The Morgan fingerprint density at radius 3 is 2.53 bits per heavy atom. The number of aromatic nitrogens is 2. The van der Waals surface area contributed by atoms with Crippen LogP contribution in [0.2, 0.25) is 0 Å². The Morgan fingerprint density at radius 1 is 1.20 bits per heavy atom. The Morgan fingerprint density at radius 2 is 1.93 bits per heavy atom. The molecule has 1 heterocycles. The summed E-state index contributed by atoms with van der Waals surface area (Å²) in [5.41, 5.74) is 0.700. The van der Waals surface area contributed by atoms with Crippen molar-refractivity contribution in [1.82, 2.24) is 10.2 Å². The summed E-state index contributed by atoms with van der Waals surface area (Å²) in [5.74, 6) is -1.15. The number of rotatable bonds is 1. The van der Waals surface area contributed by atoms with E-state index in [1.165, 1.54) is 17.4 Å². The van der Waals surface area contributed by atoms with Crippen LogP contribution in [-0.4, -0.2) is 10.2 Å². The number of benzene rings is 1. The zero-order chi connectivity index (χ0) is 11.0. The van der Waals surface area contributed by atoms with E-state index >= 15 is 0 Å². The first kappa shape index (κ1) is 10.9. The molecule has 0 N–H and O–H groups in total. The van der Waals surface area contributed by atoms with Gasteiger partial charge >= 0.3 is 0 Å². The summed E-state index contributed by atoms with van der Waals surface area (Å²) in [6.45, 7) is 1.59. The quantitative estimate of drug-likeness (QED) is 0.745. The Labute approximate surface area is 102 Å². The highest BCUT2D eigenvalue weighted by molar-refractivity contribution is 14.1. The molecule has 2 aromatic rings. The highest BCUT2D eigenvalue weighted by Gasteiger charge is 2.12. The van der Waals surface area contributed by atoms with Gasteiger partial charge in [-0.1, -0.05) is 11.3 Å². The van der Waals surface area contributed by atoms with Crippen LogP contribution < -0.4 is 0 Å². The molecule has 1 aromatic carbocycles. The average molecular weight is 338 g/mol. The van der Waals surface area contributed by atoms with Crippen molar-refractivity contribution in [2.75, 3.05) is 0 Å². The zero-order valence-corrected chi connectivity index (χ0v) is 10.6. The predicted molar refractivity (Wildman–Crippen MR) is 62.7 cm³/mol. The van der Waals surface area contributed by atoms with Crippen molar-refractivity contribution in [2.24, 2.45) is 0 Å². The maximum absolute atomic E-state index is 13.4. The van der Waals surface area contributed by atoms with Crippen molar-refractivity contribution in [3.63, 3.8) is 0 Å². The van der Waals surface area contributed by atoms with E-state index in [4.69, 9.17) is 0 Å². The minimum atomic E-state index is -0.606. The fourth-order valence-corrected chi connectivity index (χ4v) is 2.46. The highest BCUT2D eigenvalue weighted by Crippen LogP contribution is 2.28. The molecule has 0 bridgehead atoms. The number of hydrogen-bond donors (Lipinski definition) is 0. The first-order chi connectivity index (χ1) is 7.08. The molecule has 6 heteroatoms. The monoisotopic (exact) mass is 338 g/mol. The smallest absolute Gasteiger partial charge is 0.178 e. The first-order valence-corrected chi connectivity index (χ1v) is 5.92. The van der Waals surface area contributed by atoms with Gasteiger partial charge in [-0.25, -0.2) is 8.78 Å².